The predicted molar refractivity (Wildman–Crippen MR) is 142 cm³/mol. The van der Waals surface area contributed by atoms with Gasteiger partial charge >= 0.3 is 0 Å². The van der Waals surface area contributed by atoms with Crippen molar-refractivity contribution >= 4 is 33.2 Å². The highest BCUT2D eigenvalue weighted by Crippen LogP contribution is 2.26. The van der Waals surface area contributed by atoms with Crippen LogP contribution in [0.1, 0.15) is 37.7 Å². The second kappa shape index (κ2) is 12.7. The number of halogens is 2. The molecule has 0 atom stereocenters. The summed E-state index contributed by atoms with van der Waals surface area (Å²) in [5.74, 6) is 0.903. The third kappa shape index (κ3) is 7.81. The number of piperidine rings is 1. The van der Waals surface area contributed by atoms with E-state index in [1.165, 1.54) is 60.4 Å². The van der Waals surface area contributed by atoms with Crippen molar-refractivity contribution in [3.05, 3.63) is 58.1 Å². The number of nitrogens with zero attached hydrogens (tertiary/aromatic N) is 3. The third-order valence-electron chi connectivity index (χ3n) is 6.69. The average Bonchev–Trinajstić information content (AvgIpc) is 3.09. The van der Waals surface area contributed by atoms with Crippen LogP contribution in [0.3, 0.4) is 0 Å². The van der Waals surface area contributed by atoms with Gasteiger partial charge in [-0.1, -0.05) is 41.8 Å². The molecule has 0 radical (unpaired) electrons. The molecule has 2 fully saturated rings. The first-order valence-electron chi connectivity index (χ1n) is 12.5. The molecule has 0 N–H and O–H groups in total. The van der Waals surface area contributed by atoms with Crippen LogP contribution in [0.25, 0.3) is 0 Å². The molecule has 4 rings (SSSR count). The molecule has 0 unspecified atom stereocenters. The first kappa shape index (κ1) is 26.7. The zero-order valence-corrected chi connectivity index (χ0v) is 22.5. The second-order valence-corrected chi connectivity index (χ2v) is 12.2. The second-order valence-electron chi connectivity index (χ2n) is 9.39. The Bertz CT molecular complexity index is 1040. The average molecular weight is 541 g/mol. The Hall–Kier alpha value is -1.35. The lowest BCUT2D eigenvalue weighted by atomic mass is 10.1. The molecular weight excluding hydrogens is 505 g/mol. The molecule has 2 aliphatic rings. The molecule has 9 heteroatoms. The van der Waals surface area contributed by atoms with Gasteiger partial charge in [0.1, 0.15) is 5.75 Å². The highest BCUT2D eigenvalue weighted by atomic mass is 35.5. The van der Waals surface area contributed by atoms with E-state index in [1.54, 1.807) is 0 Å². The lowest BCUT2D eigenvalue weighted by molar-refractivity contribution is 0.205. The third-order valence-corrected chi connectivity index (χ3v) is 9.00. The topological polar surface area (TPSA) is 53.1 Å². The standard InChI is InChI=1S/C26H35Cl2N3O3S/c27-23-18-24(28)20-26(19-23)35(32,33)31-14-4-12-30(15-16-31)21-22-6-8-25(9-7-22)34-17-5-13-29-10-2-1-3-11-29/h6-9,18-20H,1-5,10-17,21H2. The molecule has 2 heterocycles. The Morgan fingerprint density at radius 2 is 1.46 bits per heavy atom. The maximum Gasteiger partial charge on any atom is 0.243 e. The van der Waals surface area contributed by atoms with E-state index in [0.29, 0.717) is 29.7 Å². The summed E-state index contributed by atoms with van der Waals surface area (Å²) in [5, 5.41) is 0.642. The van der Waals surface area contributed by atoms with Crippen LogP contribution in [-0.4, -0.2) is 74.9 Å². The summed E-state index contributed by atoms with van der Waals surface area (Å²) in [4.78, 5) is 4.98. The Morgan fingerprint density at radius 3 is 2.17 bits per heavy atom. The van der Waals surface area contributed by atoms with Crippen molar-refractivity contribution in [2.45, 2.75) is 43.5 Å². The van der Waals surface area contributed by atoms with Crippen molar-refractivity contribution in [2.24, 2.45) is 0 Å². The molecule has 0 aliphatic carbocycles. The van der Waals surface area contributed by atoms with Crippen molar-refractivity contribution in [3.8, 4) is 5.75 Å². The maximum atomic E-state index is 13.1. The van der Waals surface area contributed by atoms with Crippen molar-refractivity contribution in [2.75, 3.05) is 52.4 Å². The van der Waals surface area contributed by atoms with E-state index in [0.717, 1.165) is 44.8 Å². The van der Waals surface area contributed by atoms with Gasteiger partial charge in [0, 0.05) is 42.8 Å². The number of ether oxygens (including phenoxy) is 1. The summed E-state index contributed by atoms with van der Waals surface area (Å²) in [6, 6.07) is 12.7. The van der Waals surface area contributed by atoms with Crippen LogP contribution >= 0.6 is 23.2 Å². The van der Waals surface area contributed by atoms with Crippen LogP contribution in [0, 0.1) is 0 Å². The Kier molecular flexibility index (Phi) is 9.73. The molecule has 0 aromatic heterocycles. The van der Waals surface area contributed by atoms with Gasteiger partial charge in [-0.05, 0) is 81.2 Å². The van der Waals surface area contributed by atoms with Crippen LogP contribution in [0.4, 0.5) is 0 Å². The summed E-state index contributed by atoms with van der Waals surface area (Å²) in [6.07, 6.45) is 5.84. The van der Waals surface area contributed by atoms with Crippen LogP contribution < -0.4 is 4.74 Å². The van der Waals surface area contributed by atoms with Gasteiger partial charge in [-0.25, -0.2) is 8.42 Å². The van der Waals surface area contributed by atoms with Gasteiger partial charge in [0.2, 0.25) is 10.0 Å². The molecular formula is C26H35Cl2N3O3S. The molecule has 2 aromatic carbocycles. The first-order valence-corrected chi connectivity index (χ1v) is 14.7. The fourth-order valence-corrected chi connectivity index (χ4v) is 6.98. The van der Waals surface area contributed by atoms with Gasteiger partial charge in [0.05, 0.1) is 11.5 Å². The molecule has 2 saturated heterocycles. The van der Waals surface area contributed by atoms with E-state index in [1.807, 2.05) is 12.1 Å². The summed E-state index contributed by atoms with van der Waals surface area (Å²) in [6.45, 7) is 7.52. The van der Waals surface area contributed by atoms with Crippen LogP contribution in [-0.2, 0) is 16.6 Å². The molecule has 0 spiro atoms. The van der Waals surface area contributed by atoms with Gasteiger partial charge in [0.15, 0.2) is 0 Å². The smallest absolute Gasteiger partial charge is 0.243 e. The van der Waals surface area contributed by atoms with Gasteiger partial charge < -0.3 is 9.64 Å². The lowest BCUT2D eigenvalue weighted by Crippen LogP contribution is -2.35. The minimum Gasteiger partial charge on any atom is -0.494 e. The Labute approximate surface area is 219 Å². The zero-order valence-electron chi connectivity index (χ0n) is 20.2. The molecule has 0 saturated carbocycles. The summed E-state index contributed by atoms with van der Waals surface area (Å²) in [5.41, 5.74) is 1.20. The predicted octanol–water partition coefficient (Wildman–Crippen LogP) is 5.14. The molecule has 35 heavy (non-hydrogen) atoms. The van der Waals surface area contributed by atoms with E-state index < -0.39 is 10.0 Å². The van der Waals surface area contributed by atoms with Gasteiger partial charge in [0.25, 0.3) is 0 Å². The minimum absolute atomic E-state index is 0.148. The van der Waals surface area contributed by atoms with Gasteiger partial charge in [-0.15, -0.1) is 0 Å². The first-order chi connectivity index (χ1) is 16.9. The van der Waals surface area contributed by atoms with Crippen molar-refractivity contribution in [1.82, 2.24) is 14.1 Å². The monoisotopic (exact) mass is 539 g/mol. The van der Waals surface area contributed by atoms with Crippen LogP contribution in [0.2, 0.25) is 10.0 Å². The number of hydrogen-bond donors (Lipinski definition) is 0. The molecule has 6 nitrogen and oxygen atoms in total. The number of rotatable bonds is 9. The Balaban J connectivity index is 1.24. The lowest BCUT2D eigenvalue weighted by Gasteiger charge is -2.26. The van der Waals surface area contributed by atoms with Crippen molar-refractivity contribution < 1.29 is 13.2 Å². The van der Waals surface area contributed by atoms with Crippen molar-refractivity contribution in [3.63, 3.8) is 0 Å². The molecule has 2 aromatic rings. The highest BCUT2D eigenvalue weighted by molar-refractivity contribution is 7.89. The quantitative estimate of drug-likeness (QED) is 0.412. The van der Waals surface area contributed by atoms with E-state index in [9.17, 15) is 8.42 Å². The minimum atomic E-state index is -3.63. The maximum absolute atomic E-state index is 13.1. The zero-order chi connectivity index (χ0) is 24.7. The number of sulfonamides is 1. The van der Waals surface area contributed by atoms with Crippen molar-refractivity contribution in [1.29, 1.82) is 0 Å². The number of hydrogen-bond acceptors (Lipinski definition) is 5. The van der Waals surface area contributed by atoms with E-state index in [4.69, 9.17) is 27.9 Å². The molecule has 0 bridgehead atoms. The fraction of sp³-hybridized carbons (Fsp3) is 0.538. The molecule has 2 aliphatic heterocycles. The van der Waals surface area contributed by atoms with Crippen LogP contribution in [0.5, 0.6) is 5.75 Å². The Morgan fingerprint density at radius 1 is 0.771 bits per heavy atom. The van der Waals surface area contributed by atoms with Gasteiger partial charge in [-0.2, -0.15) is 4.31 Å². The summed E-state index contributed by atoms with van der Waals surface area (Å²) >= 11 is 12.1. The largest absolute Gasteiger partial charge is 0.494 e. The van der Waals surface area contributed by atoms with E-state index in [2.05, 4.69) is 21.9 Å². The van der Waals surface area contributed by atoms with E-state index in [-0.39, 0.29) is 4.90 Å². The SMILES string of the molecule is O=S(=O)(c1cc(Cl)cc(Cl)c1)N1CCCN(Cc2ccc(OCCCN3CCCCC3)cc2)CC1. The number of benzene rings is 2. The fourth-order valence-electron chi connectivity index (χ4n) is 4.78. The number of likely N-dealkylation sites (tertiary alicyclic amines) is 1. The highest BCUT2D eigenvalue weighted by Gasteiger charge is 2.27. The van der Waals surface area contributed by atoms with Gasteiger partial charge in [-0.3, -0.25) is 4.90 Å². The van der Waals surface area contributed by atoms with E-state index >= 15 is 0 Å². The molecule has 0 amide bonds. The summed E-state index contributed by atoms with van der Waals surface area (Å²) < 4.78 is 33.7. The summed E-state index contributed by atoms with van der Waals surface area (Å²) in [7, 11) is -3.63. The normalized spacial score (nSPS) is 18.9. The molecule has 192 valence electrons. The van der Waals surface area contributed by atoms with Crippen LogP contribution in [0.15, 0.2) is 47.4 Å².